The number of carboxylic acids is 1. The minimum atomic E-state index is -3.94. The molecule has 0 amide bonds. The van der Waals surface area contributed by atoms with Crippen molar-refractivity contribution >= 4 is 21.9 Å². The Hall–Kier alpha value is -2.48. The van der Waals surface area contributed by atoms with Gasteiger partial charge in [0.1, 0.15) is 0 Å². The van der Waals surface area contributed by atoms with Crippen LogP contribution in [0, 0.1) is 13.8 Å². The summed E-state index contributed by atoms with van der Waals surface area (Å²) in [5.74, 6) is -1.25. The van der Waals surface area contributed by atoms with Crippen LogP contribution in [0.1, 0.15) is 21.7 Å². The van der Waals surface area contributed by atoms with Crippen LogP contribution in [0.5, 0.6) is 0 Å². The highest BCUT2D eigenvalue weighted by molar-refractivity contribution is 7.92. The standard InChI is InChI=1S/C13H13N3O4S/c1-8-6-9(2)15-13(14-8)16-21(19,20)11-5-3-4-10(7-11)12(17)18/h3-7H,1-2H3,(H,17,18)(H,14,15,16). The van der Waals surface area contributed by atoms with Gasteiger partial charge in [-0.2, -0.15) is 0 Å². The lowest BCUT2D eigenvalue weighted by molar-refractivity contribution is 0.0696. The number of aromatic carboxylic acids is 1. The smallest absolute Gasteiger partial charge is 0.335 e. The van der Waals surface area contributed by atoms with Crippen molar-refractivity contribution in [1.29, 1.82) is 0 Å². The lowest BCUT2D eigenvalue weighted by atomic mass is 10.2. The molecule has 110 valence electrons. The van der Waals surface area contributed by atoms with Gasteiger partial charge < -0.3 is 5.11 Å². The van der Waals surface area contributed by atoms with Crippen molar-refractivity contribution in [2.24, 2.45) is 0 Å². The summed E-state index contributed by atoms with van der Waals surface area (Å²) in [6, 6.07) is 6.77. The Morgan fingerprint density at radius 2 is 1.76 bits per heavy atom. The second-order valence-corrected chi connectivity index (χ2v) is 6.10. The van der Waals surface area contributed by atoms with Crippen LogP contribution in [-0.2, 0) is 10.0 Å². The number of nitrogens with zero attached hydrogens (tertiary/aromatic N) is 2. The predicted octanol–water partition coefficient (Wildman–Crippen LogP) is 1.59. The molecule has 1 heterocycles. The highest BCUT2D eigenvalue weighted by Crippen LogP contribution is 2.15. The van der Waals surface area contributed by atoms with E-state index in [1.807, 2.05) is 0 Å². The largest absolute Gasteiger partial charge is 0.478 e. The SMILES string of the molecule is Cc1cc(C)nc(NS(=O)(=O)c2cccc(C(=O)O)c2)n1. The molecule has 8 heteroatoms. The fourth-order valence-corrected chi connectivity index (χ4v) is 2.74. The van der Waals surface area contributed by atoms with Gasteiger partial charge in [0.25, 0.3) is 10.0 Å². The summed E-state index contributed by atoms with van der Waals surface area (Å²) < 4.78 is 26.7. The molecule has 0 aliphatic carbocycles. The van der Waals surface area contributed by atoms with Gasteiger partial charge in [0.15, 0.2) is 0 Å². The first-order chi connectivity index (χ1) is 9.78. The van der Waals surface area contributed by atoms with E-state index in [2.05, 4.69) is 14.7 Å². The van der Waals surface area contributed by atoms with E-state index in [1.165, 1.54) is 18.2 Å². The Labute approximate surface area is 121 Å². The van der Waals surface area contributed by atoms with Gasteiger partial charge in [0.05, 0.1) is 10.5 Å². The number of nitrogens with one attached hydrogen (secondary N) is 1. The average Bonchev–Trinajstić information content (AvgIpc) is 2.37. The van der Waals surface area contributed by atoms with Crippen molar-refractivity contribution in [1.82, 2.24) is 9.97 Å². The number of benzene rings is 1. The first kappa shape index (κ1) is 14.9. The minimum Gasteiger partial charge on any atom is -0.478 e. The van der Waals surface area contributed by atoms with Gasteiger partial charge in [-0.15, -0.1) is 0 Å². The molecule has 0 atom stereocenters. The number of anilines is 1. The molecule has 1 aromatic heterocycles. The van der Waals surface area contributed by atoms with E-state index in [0.717, 1.165) is 6.07 Å². The third kappa shape index (κ3) is 3.54. The third-order valence-electron chi connectivity index (χ3n) is 2.60. The van der Waals surface area contributed by atoms with E-state index in [-0.39, 0.29) is 16.4 Å². The number of sulfonamides is 1. The lowest BCUT2D eigenvalue weighted by Gasteiger charge is -2.08. The molecular formula is C13H13N3O4S. The van der Waals surface area contributed by atoms with Gasteiger partial charge in [0, 0.05) is 11.4 Å². The molecule has 0 spiro atoms. The molecule has 2 aromatic rings. The third-order valence-corrected chi connectivity index (χ3v) is 3.93. The zero-order chi connectivity index (χ0) is 15.6. The Morgan fingerprint density at radius 3 is 2.33 bits per heavy atom. The maximum Gasteiger partial charge on any atom is 0.335 e. The highest BCUT2D eigenvalue weighted by atomic mass is 32.2. The topological polar surface area (TPSA) is 109 Å². The van der Waals surface area contributed by atoms with Gasteiger partial charge in [-0.3, -0.25) is 0 Å². The molecule has 7 nitrogen and oxygen atoms in total. The maximum absolute atomic E-state index is 12.2. The Bertz CT molecular complexity index is 783. The number of carbonyl (C=O) groups is 1. The van der Waals surface area contributed by atoms with Crippen LogP contribution in [-0.4, -0.2) is 29.5 Å². The summed E-state index contributed by atoms with van der Waals surface area (Å²) >= 11 is 0. The number of aromatic nitrogens is 2. The Balaban J connectivity index is 2.38. The molecule has 0 radical (unpaired) electrons. The van der Waals surface area contributed by atoms with Crippen molar-refractivity contribution in [2.75, 3.05) is 4.72 Å². The molecule has 2 rings (SSSR count). The van der Waals surface area contributed by atoms with Crippen LogP contribution in [0.4, 0.5) is 5.95 Å². The zero-order valence-corrected chi connectivity index (χ0v) is 12.2. The van der Waals surface area contributed by atoms with E-state index < -0.39 is 16.0 Å². The number of hydrogen-bond acceptors (Lipinski definition) is 5. The van der Waals surface area contributed by atoms with E-state index in [9.17, 15) is 13.2 Å². The van der Waals surface area contributed by atoms with Crippen molar-refractivity contribution < 1.29 is 18.3 Å². The Morgan fingerprint density at radius 1 is 1.14 bits per heavy atom. The fraction of sp³-hybridized carbons (Fsp3) is 0.154. The summed E-state index contributed by atoms with van der Waals surface area (Å²) in [6.07, 6.45) is 0. The van der Waals surface area contributed by atoms with E-state index in [1.54, 1.807) is 19.9 Å². The summed E-state index contributed by atoms with van der Waals surface area (Å²) in [6.45, 7) is 3.44. The van der Waals surface area contributed by atoms with Gasteiger partial charge >= 0.3 is 5.97 Å². The first-order valence-electron chi connectivity index (χ1n) is 5.96. The van der Waals surface area contributed by atoms with Crippen molar-refractivity contribution in [3.05, 3.63) is 47.3 Å². The van der Waals surface area contributed by atoms with Gasteiger partial charge in [0.2, 0.25) is 5.95 Å². The Kier molecular flexibility index (Phi) is 3.90. The number of hydrogen-bond donors (Lipinski definition) is 2. The van der Waals surface area contributed by atoms with Gasteiger partial charge in [-0.05, 0) is 38.1 Å². The maximum atomic E-state index is 12.2. The quantitative estimate of drug-likeness (QED) is 0.887. The summed E-state index contributed by atoms with van der Waals surface area (Å²) in [7, 11) is -3.94. The minimum absolute atomic E-state index is 0.0479. The molecule has 0 bridgehead atoms. The molecule has 1 aromatic carbocycles. The molecule has 0 saturated heterocycles. The van der Waals surface area contributed by atoms with Crippen LogP contribution in [0.3, 0.4) is 0 Å². The fourth-order valence-electron chi connectivity index (χ4n) is 1.75. The average molecular weight is 307 g/mol. The zero-order valence-electron chi connectivity index (χ0n) is 11.4. The molecule has 0 aliphatic rings. The molecule has 21 heavy (non-hydrogen) atoms. The van der Waals surface area contributed by atoms with Crippen LogP contribution in [0.25, 0.3) is 0 Å². The molecule has 0 saturated carbocycles. The monoisotopic (exact) mass is 307 g/mol. The van der Waals surface area contributed by atoms with Crippen molar-refractivity contribution in [3.63, 3.8) is 0 Å². The van der Waals surface area contributed by atoms with Gasteiger partial charge in [-0.1, -0.05) is 6.07 Å². The normalized spacial score (nSPS) is 11.1. The highest BCUT2D eigenvalue weighted by Gasteiger charge is 2.17. The number of carboxylic acid groups (broad SMARTS) is 1. The van der Waals surface area contributed by atoms with Crippen LogP contribution < -0.4 is 4.72 Å². The van der Waals surface area contributed by atoms with Crippen LogP contribution >= 0.6 is 0 Å². The number of rotatable bonds is 4. The van der Waals surface area contributed by atoms with E-state index in [0.29, 0.717) is 11.4 Å². The molecule has 0 aliphatic heterocycles. The molecule has 0 unspecified atom stereocenters. The summed E-state index contributed by atoms with van der Waals surface area (Å²) in [5.41, 5.74) is 1.14. The van der Waals surface area contributed by atoms with Gasteiger partial charge in [-0.25, -0.2) is 27.9 Å². The summed E-state index contributed by atoms with van der Waals surface area (Å²) in [4.78, 5) is 18.7. The van der Waals surface area contributed by atoms with Crippen molar-refractivity contribution in [3.8, 4) is 0 Å². The summed E-state index contributed by atoms with van der Waals surface area (Å²) in [5, 5.41) is 8.90. The molecule has 2 N–H and O–H groups in total. The van der Waals surface area contributed by atoms with Crippen molar-refractivity contribution in [2.45, 2.75) is 18.7 Å². The number of aryl methyl sites for hydroxylation is 2. The van der Waals surface area contributed by atoms with Crippen LogP contribution in [0.15, 0.2) is 35.2 Å². The van der Waals surface area contributed by atoms with E-state index in [4.69, 9.17) is 5.11 Å². The lowest BCUT2D eigenvalue weighted by Crippen LogP contribution is -2.16. The molecule has 0 fully saturated rings. The predicted molar refractivity (Wildman–Crippen MR) is 75.7 cm³/mol. The second kappa shape index (κ2) is 5.49. The second-order valence-electron chi connectivity index (χ2n) is 4.41. The van der Waals surface area contributed by atoms with Crippen LogP contribution in [0.2, 0.25) is 0 Å². The first-order valence-corrected chi connectivity index (χ1v) is 7.45. The molecular weight excluding hydrogens is 294 g/mol. The van der Waals surface area contributed by atoms with E-state index >= 15 is 0 Å².